The van der Waals surface area contributed by atoms with Crippen molar-refractivity contribution < 1.29 is 14.8 Å². The van der Waals surface area contributed by atoms with Crippen LogP contribution in [0.15, 0.2) is 54.6 Å². The summed E-state index contributed by atoms with van der Waals surface area (Å²) < 4.78 is 0. The highest BCUT2D eigenvalue weighted by Crippen LogP contribution is 2.33. The van der Waals surface area contributed by atoms with E-state index in [2.05, 4.69) is 10.6 Å². The largest absolute Gasteiger partial charge is 0.325 e. The van der Waals surface area contributed by atoms with Crippen LogP contribution in [-0.4, -0.2) is 23.6 Å². The molecule has 3 rings (SSSR count). The molecule has 2 aromatic carbocycles. The first-order chi connectivity index (χ1) is 12.7. The van der Waals surface area contributed by atoms with Gasteiger partial charge in [0.1, 0.15) is 0 Å². The molecule has 0 fully saturated rings. The van der Waals surface area contributed by atoms with E-state index >= 15 is 0 Å². The first kappa shape index (κ1) is 17.8. The maximum Gasteiger partial charge on any atom is 0.267 e. The van der Waals surface area contributed by atoms with Crippen LogP contribution in [0.3, 0.4) is 0 Å². The van der Waals surface area contributed by atoms with Gasteiger partial charge in [-0.2, -0.15) is 0 Å². The highest BCUT2D eigenvalue weighted by atomic mass is 16.5. The number of fused-ring (bicyclic) bond motifs is 1. The number of carbonyl (C=O) groups is 2. The predicted molar refractivity (Wildman–Crippen MR) is 99.5 cm³/mol. The van der Waals surface area contributed by atoms with Crippen molar-refractivity contribution in [1.29, 1.82) is 0 Å². The number of carbonyl (C=O) groups excluding carboxylic acids is 2. The smallest absolute Gasteiger partial charge is 0.267 e. The highest BCUT2D eigenvalue weighted by molar-refractivity contribution is 6.02. The van der Waals surface area contributed by atoms with E-state index in [1.165, 1.54) is 6.08 Å². The number of nitrogens with one attached hydrogen (secondary N) is 3. The SMILES string of the molecule is O=C(C=Cc1ccc(CNCCC2C(=O)Nc3ccccc32)cc1)NO. The predicted octanol–water partition coefficient (Wildman–Crippen LogP) is 2.42. The van der Waals surface area contributed by atoms with Crippen LogP contribution in [0.25, 0.3) is 6.08 Å². The number of hydrogen-bond donors (Lipinski definition) is 4. The molecule has 1 aliphatic rings. The Kier molecular flexibility index (Phi) is 5.78. The fourth-order valence-electron chi connectivity index (χ4n) is 3.00. The summed E-state index contributed by atoms with van der Waals surface area (Å²) in [6.45, 7) is 1.45. The minimum atomic E-state index is -0.562. The van der Waals surface area contributed by atoms with E-state index in [1.54, 1.807) is 11.6 Å². The molecular weight excluding hydrogens is 330 g/mol. The average Bonchev–Trinajstić information content (AvgIpc) is 2.99. The minimum absolute atomic E-state index is 0.0658. The Labute approximate surface area is 151 Å². The fraction of sp³-hybridized carbons (Fsp3) is 0.200. The van der Waals surface area contributed by atoms with E-state index in [0.717, 1.165) is 35.3 Å². The second kappa shape index (κ2) is 8.42. The van der Waals surface area contributed by atoms with E-state index in [-0.39, 0.29) is 11.8 Å². The van der Waals surface area contributed by atoms with Gasteiger partial charge in [-0.15, -0.1) is 0 Å². The summed E-state index contributed by atoms with van der Waals surface area (Å²) in [4.78, 5) is 23.0. The number of hydroxylamine groups is 1. The van der Waals surface area contributed by atoms with Crippen LogP contribution < -0.4 is 16.1 Å². The van der Waals surface area contributed by atoms with Gasteiger partial charge in [0, 0.05) is 18.3 Å². The van der Waals surface area contributed by atoms with Crippen molar-refractivity contribution in [1.82, 2.24) is 10.8 Å². The van der Waals surface area contributed by atoms with Crippen molar-refractivity contribution in [3.8, 4) is 0 Å². The van der Waals surface area contributed by atoms with E-state index in [4.69, 9.17) is 5.21 Å². The molecule has 0 bridgehead atoms. The van der Waals surface area contributed by atoms with Gasteiger partial charge in [0.05, 0.1) is 5.92 Å². The van der Waals surface area contributed by atoms with Crippen LogP contribution in [0.5, 0.6) is 0 Å². The first-order valence-electron chi connectivity index (χ1n) is 8.49. The van der Waals surface area contributed by atoms with Crippen LogP contribution >= 0.6 is 0 Å². The monoisotopic (exact) mass is 351 g/mol. The van der Waals surface area contributed by atoms with Crippen molar-refractivity contribution in [3.05, 3.63) is 71.3 Å². The van der Waals surface area contributed by atoms with Crippen molar-refractivity contribution in [2.75, 3.05) is 11.9 Å². The average molecular weight is 351 g/mol. The number of anilines is 1. The molecule has 1 unspecified atom stereocenters. The maximum atomic E-state index is 12.1. The van der Waals surface area contributed by atoms with Crippen molar-refractivity contribution in [2.45, 2.75) is 18.9 Å². The number of amides is 2. The van der Waals surface area contributed by atoms with Gasteiger partial charge in [0.25, 0.3) is 5.91 Å². The molecule has 0 saturated heterocycles. The van der Waals surface area contributed by atoms with Crippen molar-refractivity contribution >= 4 is 23.6 Å². The molecule has 0 aromatic heterocycles. The molecule has 6 heteroatoms. The number of para-hydroxylation sites is 1. The lowest BCUT2D eigenvalue weighted by molar-refractivity contribution is -0.124. The molecule has 0 spiro atoms. The minimum Gasteiger partial charge on any atom is -0.325 e. The molecule has 1 aliphatic heterocycles. The van der Waals surface area contributed by atoms with Crippen LogP contribution in [-0.2, 0) is 16.1 Å². The van der Waals surface area contributed by atoms with Crippen LogP contribution in [0.1, 0.15) is 29.0 Å². The fourth-order valence-corrected chi connectivity index (χ4v) is 3.00. The summed E-state index contributed by atoms with van der Waals surface area (Å²) in [6, 6.07) is 15.6. The van der Waals surface area contributed by atoms with Gasteiger partial charge in [0.15, 0.2) is 0 Å². The normalized spacial score (nSPS) is 15.7. The Hall–Kier alpha value is -2.96. The van der Waals surface area contributed by atoms with Crippen LogP contribution in [0.2, 0.25) is 0 Å². The molecule has 0 radical (unpaired) electrons. The summed E-state index contributed by atoms with van der Waals surface area (Å²) in [5.41, 5.74) is 5.53. The first-order valence-corrected chi connectivity index (χ1v) is 8.49. The molecule has 134 valence electrons. The Bertz CT molecular complexity index is 815. The van der Waals surface area contributed by atoms with Gasteiger partial charge in [-0.3, -0.25) is 14.8 Å². The summed E-state index contributed by atoms with van der Waals surface area (Å²) in [7, 11) is 0. The molecule has 0 aliphatic carbocycles. The lowest BCUT2D eigenvalue weighted by Crippen LogP contribution is -2.20. The third-order valence-corrected chi connectivity index (χ3v) is 4.37. The zero-order valence-electron chi connectivity index (χ0n) is 14.2. The van der Waals surface area contributed by atoms with E-state index in [9.17, 15) is 9.59 Å². The molecule has 6 nitrogen and oxygen atoms in total. The van der Waals surface area contributed by atoms with Crippen molar-refractivity contribution in [3.63, 3.8) is 0 Å². The molecule has 1 heterocycles. The second-order valence-electron chi connectivity index (χ2n) is 6.15. The molecular formula is C20H21N3O3. The topological polar surface area (TPSA) is 90.5 Å². The molecule has 4 N–H and O–H groups in total. The number of benzene rings is 2. The van der Waals surface area contributed by atoms with Gasteiger partial charge >= 0.3 is 0 Å². The summed E-state index contributed by atoms with van der Waals surface area (Å²) in [5.74, 6) is -0.590. The van der Waals surface area contributed by atoms with Gasteiger partial charge in [-0.25, -0.2) is 5.48 Å². The Balaban J connectivity index is 1.46. The van der Waals surface area contributed by atoms with Gasteiger partial charge < -0.3 is 10.6 Å². The quantitative estimate of drug-likeness (QED) is 0.267. The summed E-state index contributed by atoms with van der Waals surface area (Å²) in [6.07, 6.45) is 3.64. The van der Waals surface area contributed by atoms with Crippen LogP contribution in [0, 0.1) is 0 Å². The highest BCUT2D eigenvalue weighted by Gasteiger charge is 2.29. The third kappa shape index (κ3) is 4.36. The molecule has 1 atom stereocenters. The Morgan fingerprint density at radius 3 is 2.69 bits per heavy atom. The number of hydrogen-bond acceptors (Lipinski definition) is 4. The molecule has 2 amide bonds. The van der Waals surface area contributed by atoms with Gasteiger partial charge in [-0.05, 0) is 41.8 Å². The molecule has 0 saturated carbocycles. The van der Waals surface area contributed by atoms with E-state index < -0.39 is 5.91 Å². The lowest BCUT2D eigenvalue weighted by Gasteiger charge is -2.10. The van der Waals surface area contributed by atoms with Crippen LogP contribution in [0.4, 0.5) is 5.69 Å². The second-order valence-corrected chi connectivity index (χ2v) is 6.15. The molecule has 26 heavy (non-hydrogen) atoms. The molecule has 2 aromatic rings. The Morgan fingerprint density at radius 1 is 1.15 bits per heavy atom. The lowest BCUT2D eigenvalue weighted by atomic mass is 9.97. The zero-order valence-corrected chi connectivity index (χ0v) is 14.2. The van der Waals surface area contributed by atoms with Gasteiger partial charge in [-0.1, -0.05) is 42.5 Å². The Morgan fingerprint density at radius 2 is 1.92 bits per heavy atom. The standard InChI is InChI=1S/C20H21N3O3/c24-19(23-26)10-9-14-5-7-15(8-6-14)13-21-12-11-17-16-3-1-2-4-18(16)22-20(17)25/h1-10,17,21,26H,11-13H2,(H,22,25)(H,23,24). The maximum absolute atomic E-state index is 12.1. The van der Waals surface area contributed by atoms with E-state index in [0.29, 0.717) is 6.54 Å². The third-order valence-electron chi connectivity index (χ3n) is 4.37. The van der Waals surface area contributed by atoms with E-state index in [1.807, 2.05) is 48.5 Å². The van der Waals surface area contributed by atoms with Crippen molar-refractivity contribution in [2.24, 2.45) is 0 Å². The van der Waals surface area contributed by atoms with Gasteiger partial charge in [0.2, 0.25) is 5.91 Å². The zero-order chi connectivity index (χ0) is 18.4. The summed E-state index contributed by atoms with van der Waals surface area (Å²) >= 11 is 0. The number of rotatable bonds is 7. The summed E-state index contributed by atoms with van der Waals surface area (Å²) in [5, 5.41) is 14.7.